The Balaban J connectivity index is 1.55. The molecule has 0 spiro atoms. The second-order valence-corrected chi connectivity index (χ2v) is 7.25. The van der Waals surface area contributed by atoms with Gasteiger partial charge in [0, 0.05) is 29.3 Å². The first-order valence-corrected chi connectivity index (χ1v) is 9.64. The molecule has 2 aromatic carbocycles. The highest BCUT2D eigenvalue weighted by molar-refractivity contribution is 7.99. The predicted octanol–water partition coefficient (Wildman–Crippen LogP) is 3.05. The van der Waals surface area contributed by atoms with Crippen LogP contribution in [0.15, 0.2) is 58.5 Å². The third kappa shape index (κ3) is 5.87. The molecule has 3 rings (SSSR count). The number of non-ortho nitro benzene ring substituents is 1. The van der Waals surface area contributed by atoms with E-state index in [-0.39, 0.29) is 33.8 Å². The van der Waals surface area contributed by atoms with Gasteiger partial charge in [-0.2, -0.15) is 0 Å². The number of amides is 1. The number of hydrogen-bond donors (Lipinski definition) is 2. The van der Waals surface area contributed by atoms with Gasteiger partial charge >= 0.3 is 0 Å². The van der Waals surface area contributed by atoms with E-state index in [9.17, 15) is 19.7 Å². The first-order valence-electron chi connectivity index (χ1n) is 8.28. The largest absolute Gasteiger partial charge is 0.325 e. The lowest BCUT2D eigenvalue weighted by Gasteiger charge is -2.05. The van der Waals surface area contributed by atoms with E-state index in [1.165, 1.54) is 24.3 Å². The molecule has 148 valence electrons. The van der Waals surface area contributed by atoms with Crippen LogP contribution in [0.5, 0.6) is 0 Å². The maximum Gasteiger partial charge on any atom is 0.273 e. The molecule has 0 unspecified atom stereocenters. The molecule has 1 aromatic heterocycles. The van der Waals surface area contributed by atoms with Gasteiger partial charge in [0.25, 0.3) is 11.2 Å². The van der Waals surface area contributed by atoms with Crippen molar-refractivity contribution in [1.29, 1.82) is 0 Å². The lowest BCUT2D eigenvalue weighted by molar-refractivity contribution is -0.384. The molecule has 0 bridgehead atoms. The van der Waals surface area contributed by atoms with Gasteiger partial charge in [-0.3, -0.25) is 24.7 Å². The van der Waals surface area contributed by atoms with Crippen molar-refractivity contribution in [3.63, 3.8) is 0 Å². The highest BCUT2D eigenvalue weighted by atomic mass is 35.5. The van der Waals surface area contributed by atoms with Gasteiger partial charge in [0.05, 0.1) is 10.7 Å². The first kappa shape index (κ1) is 20.5. The van der Waals surface area contributed by atoms with Gasteiger partial charge in [0.15, 0.2) is 5.16 Å². The standard InChI is InChI=1S/C18H14ClN5O4S/c19-12-3-1-11(2-4-12)9-15-17(26)21-18(23-22-15)29-10-16(25)20-13-5-7-14(8-6-13)24(27)28/h1-8H,9-10H2,(H,20,25)(H,21,23,26). The van der Waals surface area contributed by atoms with Crippen molar-refractivity contribution in [3.8, 4) is 0 Å². The van der Waals surface area contributed by atoms with E-state index in [1.54, 1.807) is 24.3 Å². The van der Waals surface area contributed by atoms with E-state index in [0.717, 1.165) is 17.3 Å². The number of hydrogen-bond acceptors (Lipinski definition) is 7. The number of halogens is 1. The number of carbonyl (C=O) groups excluding carboxylic acids is 1. The SMILES string of the molecule is O=C(CSc1nnc(Cc2ccc(Cl)cc2)c(=O)[nH]1)Nc1ccc([N+](=O)[O-])cc1. The Bertz CT molecular complexity index is 1090. The quantitative estimate of drug-likeness (QED) is 0.334. The lowest BCUT2D eigenvalue weighted by Crippen LogP contribution is -2.19. The number of H-pyrrole nitrogens is 1. The molecule has 29 heavy (non-hydrogen) atoms. The van der Waals surface area contributed by atoms with Gasteiger partial charge in [-0.1, -0.05) is 35.5 Å². The molecule has 0 aliphatic rings. The van der Waals surface area contributed by atoms with Crippen LogP contribution < -0.4 is 10.9 Å². The van der Waals surface area contributed by atoms with E-state index >= 15 is 0 Å². The zero-order valence-electron chi connectivity index (χ0n) is 14.8. The second-order valence-electron chi connectivity index (χ2n) is 5.85. The van der Waals surface area contributed by atoms with Crippen LogP contribution in [0.2, 0.25) is 5.02 Å². The zero-order chi connectivity index (χ0) is 20.8. The number of aromatic nitrogens is 3. The van der Waals surface area contributed by atoms with Crippen LogP contribution >= 0.6 is 23.4 Å². The zero-order valence-corrected chi connectivity index (χ0v) is 16.4. The molecule has 2 N–H and O–H groups in total. The first-order chi connectivity index (χ1) is 13.9. The Morgan fingerprint density at radius 1 is 1.14 bits per heavy atom. The van der Waals surface area contributed by atoms with Crippen molar-refractivity contribution in [2.24, 2.45) is 0 Å². The summed E-state index contributed by atoms with van der Waals surface area (Å²) >= 11 is 6.86. The van der Waals surface area contributed by atoms with Gasteiger partial charge < -0.3 is 5.32 Å². The van der Waals surface area contributed by atoms with Crippen LogP contribution in [-0.4, -0.2) is 31.8 Å². The van der Waals surface area contributed by atoms with Crippen LogP contribution in [0, 0.1) is 10.1 Å². The summed E-state index contributed by atoms with van der Waals surface area (Å²) in [5.41, 5.74) is 1.11. The van der Waals surface area contributed by atoms with Crippen molar-refractivity contribution in [3.05, 3.63) is 85.3 Å². The Morgan fingerprint density at radius 2 is 1.83 bits per heavy atom. The fourth-order valence-electron chi connectivity index (χ4n) is 2.32. The number of nitro benzene ring substituents is 1. The number of anilines is 1. The molecule has 1 amide bonds. The maximum absolute atomic E-state index is 12.2. The average Bonchev–Trinajstić information content (AvgIpc) is 2.70. The summed E-state index contributed by atoms with van der Waals surface area (Å²) in [7, 11) is 0. The minimum atomic E-state index is -0.521. The minimum Gasteiger partial charge on any atom is -0.325 e. The molecule has 1 heterocycles. The molecule has 0 radical (unpaired) electrons. The third-order valence-electron chi connectivity index (χ3n) is 3.73. The molecule has 3 aromatic rings. The van der Waals surface area contributed by atoms with E-state index in [2.05, 4.69) is 20.5 Å². The van der Waals surface area contributed by atoms with E-state index in [1.807, 2.05) is 0 Å². The summed E-state index contributed by atoms with van der Waals surface area (Å²) in [5.74, 6) is -0.366. The maximum atomic E-state index is 12.2. The van der Waals surface area contributed by atoms with E-state index < -0.39 is 4.92 Å². The monoisotopic (exact) mass is 431 g/mol. The Hall–Kier alpha value is -3.24. The van der Waals surface area contributed by atoms with Gasteiger partial charge in [0.1, 0.15) is 5.69 Å². The molecule has 0 atom stereocenters. The van der Waals surface area contributed by atoms with Crippen molar-refractivity contribution >= 4 is 40.6 Å². The highest BCUT2D eigenvalue weighted by Crippen LogP contribution is 2.17. The number of carbonyl (C=O) groups is 1. The van der Waals surface area contributed by atoms with Crippen molar-refractivity contribution in [2.45, 2.75) is 11.6 Å². The molecular weight excluding hydrogens is 418 g/mol. The van der Waals surface area contributed by atoms with Crippen molar-refractivity contribution < 1.29 is 9.72 Å². The number of nitro groups is 1. The molecule has 0 aliphatic heterocycles. The Morgan fingerprint density at radius 3 is 2.45 bits per heavy atom. The molecule has 0 saturated heterocycles. The number of benzene rings is 2. The van der Waals surface area contributed by atoms with Crippen molar-refractivity contribution in [1.82, 2.24) is 15.2 Å². The molecule has 0 fully saturated rings. The van der Waals surface area contributed by atoms with Crippen LogP contribution in [0.3, 0.4) is 0 Å². The van der Waals surface area contributed by atoms with E-state index in [4.69, 9.17) is 11.6 Å². The summed E-state index contributed by atoms with van der Waals surface area (Å²) in [6.45, 7) is 0. The molecule has 9 nitrogen and oxygen atoms in total. The third-order valence-corrected chi connectivity index (χ3v) is 4.85. The van der Waals surface area contributed by atoms with Crippen LogP contribution in [0.1, 0.15) is 11.3 Å². The van der Waals surface area contributed by atoms with Crippen LogP contribution in [0.4, 0.5) is 11.4 Å². The fourth-order valence-corrected chi connectivity index (χ4v) is 3.05. The Labute approximate surface area is 173 Å². The number of nitrogens with one attached hydrogen (secondary N) is 2. The molecule has 11 heteroatoms. The number of nitrogens with zero attached hydrogens (tertiary/aromatic N) is 3. The van der Waals surface area contributed by atoms with Gasteiger partial charge in [-0.25, -0.2) is 0 Å². The highest BCUT2D eigenvalue weighted by Gasteiger charge is 2.10. The van der Waals surface area contributed by atoms with Crippen molar-refractivity contribution in [2.75, 3.05) is 11.1 Å². The van der Waals surface area contributed by atoms with Gasteiger partial charge in [-0.15, -0.1) is 10.2 Å². The summed E-state index contributed by atoms with van der Waals surface area (Å²) in [6, 6.07) is 12.5. The Kier molecular flexibility index (Phi) is 6.57. The molecule has 0 aliphatic carbocycles. The predicted molar refractivity (Wildman–Crippen MR) is 109 cm³/mol. The van der Waals surface area contributed by atoms with Crippen LogP contribution in [-0.2, 0) is 11.2 Å². The average molecular weight is 432 g/mol. The molecule has 0 saturated carbocycles. The number of rotatable bonds is 7. The lowest BCUT2D eigenvalue weighted by atomic mass is 10.1. The molecular formula is C18H14ClN5O4S. The van der Waals surface area contributed by atoms with Crippen LogP contribution in [0.25, 0.3) is 0 Å². The second kappa shape index (κ2) is 9.30. The van der Waals surface area contributed by atoms with Gasteiger partial charge in [-0.05, 0) is 29.8 Å². The normalized spacial score (nSPS) is 10.5. The summed E-state index contributed by atoms with van der Waals surface area (Å²) in [6.07, 6.45) is 0.311. The van der Waals surface area contributed by atoms with E-state index in [0.29, 0.717) is 17.1 Å². The number of aromatic amines is 1. The fraction of sp³-hybridized carbons (Fsp3) is 0.111. The smallest absolute Gasteiger partial charge is 0.273 e. The minimum absolute atomic E-state index is 0.0157. The summed E-state index contributed by atoms with van der Waals surface area (Å²) < 4.78 is 0. The topological polar surface area (TPSA) is 131 Å². The summed E-state index contributed by atoms with van der Waals surface area (Å²) in [4.78, 5) is 36.9. The summed E-state index contributed by atoms with van der Waals surface area (Å²) in [5, 5.41) is 21.9. The van der Waals surface area contributed by atoms with Gasteiger partial charge in [0.2, 0.25) is 5.91 Å². The number of thioether (sulfide) groups is 1.